The fourth-order valence-corrected chi connectivity index (χ4v) is 4.11. The number of hydrogen-bond donors (Lipinski definition) is 1. The number of halogens is 1. The van der Waals surface area contributed by atoms with Crippen LogP contribution in [-0.2, 0) is 10.2 Å². The van der Waals surface area contributed by atoms with Crippen LogP contribution in [0.3, 0.4) is 0 Å². The van der Waals surface area contributed by atoms with Crippen molar-refractivity contribution in [2.75, 3.05) is 6.61 Å². The smallest absolute Gasteiger partial charge is 0.277 e. The second-order valence-electron chi connectivity index (χ2n) is 8.71. The first-order chi connectivity index (χ1) is 15.3. The summed E-state index contributed by atoms with van der Waals surface area (Å²) in [4.78, 5) is 12.3. The molecule has 0 radical (unpaired) electrons. The summed E-state index contributed by atoms with van der Waals surface area (Å²) >= 11 is 3.53. The van der Waals surface area contributed by atoms with E-state index < -0.39 is 0 Å². The van der Waals surface area contributed by atoms with Crippen LogP contribution in [0.15, 0.2) is 82.4 Å². The van der Waals surface area contributed by atoms with Gasteiger partial charge in [0, 0.05) is 5.56 Å². The predicted octanol–water partition coefficient (Wildman–Crippen LogP) is 6.58. The van der Waals surface area contributed by atoms with E-state index in [1.165, 1.54) is 5.56 Å². The average molecular weight is 489 g/mol. The summed E-state index contributed by atoms with van der Waals surface area (Å²) in [5.41, 5.74) is 4.78. The van der Waals surface area contributed by atoms with Crippen molar-refractivity contribution in [1.29, 1.82) is 0 Å². The number of ether oxygens (including phenoxy) is 1. The lowest BCUT2D eigenvalue weighted by atomic mass is 9.87. The molecule has 0 saturated heterocycles. The summed E-state index contributed by atoms with van der Waals surface area (Å²) in [6, 6.07) is 24.4. The monoisotopic (exact) mass is 488 g/mol. The maximum atomic E-state index is 12.3. The number of hydrazone groups is 1. The molecular formula is C27H25BrN2O2. The quantitative estimate of drug-likeness (QED) is 0.196. The highest BCUT2D eigenvalue weighted by molar-refractivity contribution is 9.10. The van der Waals surface area contributed by atoms with Crippen LogP contribution in [-0.4, -0.2) is 18.7 Å². The van der Waals surface area contributed by atoms with Gasteiger partial charge in [0.2, 0.25) is 0 Å². The highest BCUT2D eigenvalue weighted by atomic mass is 79.9. The normalized spacial score (nSPS) is 11.9. The Morgan fingerprint density at radius 3 is 2.19 bits per heavy atom. The zero-order valence-corrected chi connectivity index (χ0v) is 19.9. The molecule has 0 bridgehead atoms. The van der Waals surface area contributed by atoms with Crippen molar-refractivity contribution in [3.05, 3.63) is 88.4 Å². The number of fused-ring (bicyclic) bond motifs is 2. The molecule has 0 aliphatic carbocycles. The van der Waals surface area contributed by atoms with Crippen molar-refractivity contribution in [3.8, 4) is 5.75 Å². The standard InChI is InChI=1S/C27H25BrN2O2/c1-27(2,3)20-12-13-25(24(28)15-20)32-17-26(31)30-29-16-23-21-10-6-4-8-18(21)14-19-9-5-7-11-22(19)23/h4-16H,17H2,1-3H3,(H,30,31). The molecule has 0 unspecified atom stereocenters. The molecule has 1 amide bonds. The van der Waals surface area contributed by atoms with E-state index in [4.69, 9.17) is 4.74 Å². The number of amides is 1. The van der Waals surface area contributed by atoms with Gasteiger partial charge in [-0.05, 0) is 66.7 Å². The van der Waals surface area contributed by atoms with Gasteiger partial charge in [-0.3, -0.25) is 4.79 Å². The van der Waals surface area contributed by atoms with Crippen LogP contribution >= 0.6 is 15.9 Å². The lowest BCUT2D eigenvalue weighted by Crippen LogP contribution is -2.24. The third-order valence-corrected chi connectivity index (χ3v) is 5.97. The van der Waals surface area contributed by atoms with Gasteiger partial charge in [-0.1, -0.05) is 75.4 Å². The van der Waals surface area contributed by atoms with Gasteiger partial charge in [-0.15, -0.1) is 0 Å². The molecule has 0 atom stereocenters. The number of carbonyl (C=O) groups excluding carboxylic acids is 1. The van der Waals surface area contributed by atoms with Crippen molar-refractivity contribution >= 4 is 49.6 Å². The first-order valence-electron chi connectivity index (χ1n) is 10.5. The van der Waals surface area contributed by atoms with Gasteiger partial charge in [-0.2, -0.15) is 5.10 Å². The zero-order valence-electron chi connectivity index (χ0n) is 18.4. The topological polar surface area (TPSA) is 50.7 Å². The molecular weight excluding hydrogens is 464 g/mol. The Balaban J connectivity index is 1.47. The van der Waals surface area contributed by atoms with Gasteiger partial charge in [0.25, 0.3) is 5.91 Å². The minimum atomic E-state index is -0.322. The zero-order chi connectivity index (χ0) is 22.7. The van der Waals surface area contributed by atoms with Crippen molar-refractivity contribution < 1.29 is 9.53 Å². The van der Waals surface area contributed by atoms with E-state index in [0.717, 1.165) is 31.6 Å². The minimum Gasteiger partial charge on any atom is -0.483 e. The molecule has 0 saturated carbocycles. The molecule has 0 aromatic heterocycles. The van der Waals surface area contributed by atoms with Gasteiger partial charge in [0.05, 0.1) is 10.7 Å². The molecule has 162 valence electrons. The SMILES string of the molecule is CC(C)(C)c1ccc(OCC(=O)NN=Cc2c3ccccc3cc3ccccc23)c(Br)c1. The van der Waals surface area contributed by atoms with E-state index in [9.17, 15) is 4.79 Å². The highest BCUT2D eigenvalue weighted by Gasteiger charge is 2.15. The van der Waals surface area contributed by atoms with Crippen LogP contribution in [0.1, 0.15) is 31.9 Å². The van der Waals surface area contributed by atoms with Gasteiger partial charge in [0.1, 0.15) is 5.75 Å². The van der Waals surface area contributed by atoms with Crippen LogP contribution < -0.4 is 10.2 Å². The fourth-order valence-electron chi connectivity index (χ4n) is 3.62. The van der Waals surface area contributed by atoms with Crippen molar-refractivity contribution in [3.63, 3.8) is 0 Å². The number of benzene rings is 4. The molecule has 32 heavy (non-hydrogen) atoms. The predicted molar refractivity (Wildman–Crippen MR) is 136 cm³/mol. The molecule has 0 fully saturated rings. The molecule has 4 nitrogen and oxygen atoms in total. The molecule has 0 aliphatic rings. The van der Waals surface area contributed by atoms with Crippen LogP contribution in [0.2, 0.25) is 0 Å². The summed E-state index contributed by atoms with van der Waals surface area (Å²) in [6.45, 7) is 6.33. The van der Waals surface area contributed by atoms with Gasteiger partial charge in [0.15, 0.2) is 6.61 Å². The number of nitrogens with zero attached hydrogens (tertiary/aromatic N) is 1. The first kappa shape index (κ1) is 22.0. The van der Waals surface area contributed by atoms with Crippen molar-refractivity contribution in [2.45, 2.75) is 26.2 Å². The summed E-state index contributed by atoms with van der Waals surface area (Å²) in [7, 11) is 0. The Morgan fingerprint density at radius 1 is 0.969 bits per heavy atom. The van der Waals surface area contributed by atoms with E-state index in [0.29, 0.717) is 5.75 Å². The lowest BCUT2D eigenvalue weighted by molar-refractivity contribution is -0.123. The number of hydrogen-bond acceptors (Lipinski definition) is 3. The number of rotatable bonds is 5. The van der Waals surface area contributed by atoms with Crippen LogP contribution in [0, 0.1) is 0 Å². The molecule has 0 spiro atoms. The number of nitrogens with one attached hydrogen (secondary N) is 1. The average Bonchev–Trinajstić information content (AvgIpc) is 2.77. The summed E-state index contributed by atoms with van der Waals surface area (Å²) < 4.78 is 6.50. The largest absolute Gasteiger partial charge is 0.483 e. The van der Waals surface area contributed by atoms with E-state index >= 15 is 0 Å². The van der Waals surface area contributed by atoms with Gasteiger partial charge < -0.3 is 4.74 Å². The molecule has 5 heteroatoms. The summed E-state index contributed by atoms with van der Waals surface area (Å²) in [5, 5.41) is 8.64. The summed E-state index contributed by atoms with van der Waals surface area (Å²) in [5.74, 6) is 0.301. The second kappa shape index (κ2) is 9.13. The van der Waals surface area contributed by atoms with Gasteiger partial charge >= 0.3 is 0 Å². The van der Waals surface area contributed by atoms with Crippen molar-refractivity contribution in [1.82, 2.24) is 5.43 Å². The molecule has 0 heterocycles. The Bertz CT molecular complexity index is 1270. The third-order valence-electron chi connectivity index (χ3n) is 5.35. The Hall–Kier alpha value is -3.18. The highest BCUT2D eigenvalue weighted by Crippen LogP contribution is 2.31. The van der Waals surface area contributed by atoms with Crippen LogP contribution in [0.5, 0.6) is 5.75 Å². The Labute approximate surface area is 196 Å². The Morgan fingerprint density at radius 2 is 1.59 bits per heavy atom. The second-order valence-corrected chi connectivity index (χ2v) is 9.56. The van der Waals surface area contributed by atoms with Crippen LogP contribution in [0.4, 0.5) is 0 Å². The fraction of sp³-hybridized carbons (Fsp3) is 0.185. The Kier molecular flexibility index (Phi) is 6.28. The molecule has 0 aliphatic heterocycles. The molecule has 4 aromatic carbocycles. The van der Waals surface area contributed by atoms with E-state index in [1.54, 1.807) is 6.21 Å². The molecule has 4 rings (SSSR count). The van der Waals surface area contributed by atoms with Crippen molar-refractivity contribution in [2.24, 2.45) is 5.10 Å². The van der Waals surface area contributed by atoms with E-state index in [1.807, 2.05) is 42.5 Å². The first-order valence-corrected chi connectivity index (χ1v) is 11.3. The third kappa shape index (κ3) is 4.83. The summed E-state index contributed by atoms with van der Waals surface area (Å²) in [6.07, 6.45) is 1.70. The van der Waals surface area contributed by atoms with Crippen LogP contribution in [0.25, 0.3) is 21.5 Å². The van der Waals surface area contributed by atoms with Gasteiger partial charge in [-0.25, -0.2) is 5.43 Å². The number of carbonyl (C=O) groups is 1. The van der Waals surface area contributed by atoms with E-state index in [2.05, 4.69) is 77.6 Å². The molecule has 4 aromatic rings. The van der Waals surface area contributed by atoms with E-state index in [-0.39, 0.29) is 17.9 Å². The maximum absolute atomic E-state index is 12.3. The maximum Gasteiger partial charge on any atom is 0.277 e. The minimum absolute atomic E-state index is 0.0406. The molecule has 1 N–H and O–H groups in total. The lowest BCUT2D eigenvalue weighted by Gasteiger charge is -2.20.